The lowest BCUT2D eigenvalue weighted by Crippen LogP contribution is -2.37. The van der Waals surface area contributed by atoms with Crippen molar-refractivity contribution in [3.8, 4) is 0 Å². The lowest BCUT2D eigenvalue weighted by molar-refractivity contribution is 0.114. The van der Waals surface area contributed by atoms with Crippen LogP contribution in [0.2, 0.25) is 0 Å². The average molecular weight is 366 g/mol. The van der Waals surface area contributed by atoms with Gasteiger partial charge in [-0.1, -0.05) is 5.16 Å². The standard InChI is InChI=1S/C11H18N4O2.HI/c1-8-5-10(17-15-8)7-14-11(12)13-6-9-3-2-4-16-9;/h5,9H,2-4,6-7H2,1H3,(H3,12,13,14);1H. The van der Waals surface area contributed by atoms with E-state index in [0.717, 1.165) is 25.1 Å². The first-order valence-corrected chi connectivity index (χ1v) is 5.81. The first-order valence-electron chi connectivity index (χ1n) is 5.81. The van der Waals surface area contributed by atoms with E-state index in [-0.39, 0.29) is 30.1 Å². The van der Waals surface area contributed by atoms with Gasteiger partial charge in [-0.25, -0.2) is 4.99 Å². The Morgan fingerprint density at radius 1 is 1.67 bits per heavy atom. The van der Waals surface area contributed by atoms with Gasteiger partial charge in [-0.3, -0.25) is 0 Å². The van der Waals surface area contributed by atoms with E-state index in [1.54, 1.807) is 0 Å². The second-order valence-electron chi connectivity index (χ2n) is 4.15. The third kappa shape index (κ3) is 4.81. The molecule has 0 radical (unpaired) electrons. The lowest BCUT2D eigenvalue weighted by atomic mass is 10.2. The van der Waals surface area contributed by atoms with Crippen LogP contribution in [0.15, 0.2) is 15.6 Å². The van der Waals surface area contributed by atoms with Crippen molar-refractivity contribution in [3.05, 3.63) is 17.5 Å². The highest BCUT2D eigenvalue weighted by atomic mass is 127. The molecule has 6 nitrogen and oxygen atoms in total. The molecule has 0 bridgehead atoms. The van der Waals surface area contributed by atoms with Gasteiger partial charge in [-0.2, -0.15) is 0 Å². The number of ether oxygens (including phenoxy) is 1. The van der Waals surface area contributed by atoms with Crippen molar-refractivity contribution < 1.29 is 9.26 Å². The highest BCUT2D eigenvalue weighted by Crippen LogP contribution is 2.10. The van der Waals surface area contributed by atoms with Crippen LogP contribution in [-0.4, -0.2) is 30.4 Å². The summed E-state index contributed by atoms with van der Waals surface area (Å²) in [6, 6.07) is 1.84. The van der Waals surface area contributed by atoms with Gasteiger partial charge in [0.1, 0.15) is 6.54 Å². The smallest absolute Gasteiger partial charge is 0.189 e. The Morgan fingerprint density at radius 2 is 2.50 bits per heavy atom. The molecule has 1 aromatic rings. The van der Waals surface area contributed by atoms with Gasteiger partial charge in [0, 0.05) is 19.2 Å². The molecule has 0 aromatic carbocycles. The summed E-state index contributed by atoms with van der Waals surface area (Å²) in [6.45, 7) is 3.84. The number of rotatable bonds is 4. The number of nitrogens with zero attached hydrogens (tertiary/aromatic N) is 2. The maximum atomic E-state index is 5.73. The van der Waals surface area contributed by atoms with Crippen LogP contribution in [0, 0.1) is 6.92 Å². The van der Waals surface area contributed by atoms with E-state index in [1.165, 1.54) is 0 Å². The number of nitrogens with one attached hydrogen (secondary N) is 1. The van der Waals surface area contributed by atoms with E-state index in [4.69, 9.17) is 15.0 Å². The highest BCUT2D eigenvalue weighted by molar-refractivity contribution is 14.0. The van der Waals surface area contributed by atoms with Gasteiger partial charge in [0.2, 0.25) is 0 Å². The minimum Gasteiger partial charge on any atom is -0.376 e. The quantitative estimate of drug-likeness (QED) is 0.475. The summed E-state index contributed by atoms with van der Waals surface area (Å²) >= 11 is 0. The van der Waals surface area contributed by atoms with Crippen LogP contribution in [0.1, 0.15) is 24.3 Å². The Kier molecular flexibility index (Phi) is 6.41. The first kappa shape index (κ1) is 15.2. The normalized spacial score (nSPS) is 19.6. The van der Waals surface area contributed by atoms with E-state index < -0.39 is 0 Å². The average Bonchev–Trinajstić information content (AvgIpc) is 2.95. The van der Waals surface area contributed by atoms with Crippen LogP contribution in [0.5, 0.6) is 0 Å². The number of aliphatic imine (C=N–C) groups is 1. The Bertz CT molecular complexity index is 388. The second-order valence-corrected chi connectivity index (χ2v) is 4.15. The molecule has 102 valence electrons. The number of guanidine groups is 1. The number of halogens is 1. The third-order valence-electron chi connectivity index (χ3n) is 2.62. The van der Waals surface area contributed by atoms with Crippen LogP contribution in [0.25, 0.3) is 0 Å². The number of aryl methyl sites for hydroxylation is 1. The van der Waals surface area contributed by atoms with Crippen molar-refractivity contribution in [3.63, 3.8) is 0 Å². The molecule has 0 saturated carbocycles. The van der Waals surface area contributed by atoms with Crippen molar-refractivity contribution in [1.29, 1.82) is 0 Å². The molecule has 0 aliphatic carbocycles. The molecule has 1 fully saturated rings. The van der Waals surface area contributed by atoms with Gasteiger partial charge in [0.05, 0.1) is 11.8 Å². The fourth-order valence-corrected chi connectivity index (χ4v) is 1.73. The molecule has 1 atom stereocenters. The molecule has 0 amide bonds. The Labute approximate surface area is 123 Å². The van der Waals surface area contributed by atoms with Crippen molar-refractivity contribution >= 4 is 29.9 Å². The van der Waals surface area contributed by atoms with Gasteiger partial charge in [0.15, 0.2) is 11.7 Å². The number of hydrogen-bond acceptors (Lipinski definition) is 4. The van der Waals surface area contributed by atoms with Gasteiger partial charge < -0.3 is 20.3 Å². The third-order valence-corrected chi connectivity index (χ3v) is 2.62. The summed E-state index contributed by atoms with van der Waals surface area (Å²) in [5, 5.41) is 6.82. The van der Waals surface area contributed by atoms with Crippen molar-refractivity contribution in [1.82, 2.24) is 10.5 Å². The Morgan fingerprint density at radius 3 is 3.11 bits per heavy atom. The summed E-state index contributed by atoms with van der Waals surface area (Å²) < 4.78 is 10.5. The SMILES string of the molecule is Cc1cc(CN=C(N)NCC2CCCO2)on1.I. The number of nitrogens with two attached hydrogens (primary N) is 1. The molecule has 2 heterocycles. The molecular weight excluding hydrogens is 347 g/mol. The molecule has 1 saturated heterocycles. The molecule has 0 spiro atoms. The molecule has 2 rings (SSSR count). The van der Waals surface area contributed by atoms with E-state index in [9.17, 15) is 0 Å². The zero-order chi connectivity index (χ0) is 12.1. The zero-order valence-corrected chi connectivity index (χ0v) is 12.7. The molecule has 7 heteroatoms. The summed E-state index contributed by atoms with van der Waals surface area (Å²) in [5.41, 5.74) is 6.58. The minimum atomic E-state index is 0. The second kappa shape index (κ2) is 7.57. The first-order chi connectivity index (χ1) is 8.24. The van der Waals surface area contributed by atoms with Crippen LogP contribution in [0.4, 0.5) is 0 Å². The van der Waals surface area contributed by atoms with E-state index >= 15 is 0 Å². The van der Waals surface area contributed by atoms with Crippen LogP contribution in [-0.2, 0) is 11.3 Å². The fourth-order valence-electron chi connectivity index (χ4n) is 1.73. The van der Waals surface area contributed by atoms with Crippen molar-refractivity contribution in [2.24, 2.45) is 10.7 Å². The summed E-state index contributed by atoms with van der Waals surface area (Å²) in [6.07, 6.45) is 2.47. The van der Waals surface area contributed by atoms with E-state index in [2.05, 4.69) is 15.5 Å². The van der Waals surface area contributed by atoms with Gasteiger partial charge in [-0.05, 0) is 19.8 Å². The molecule has 1 aliphatic rings. The molecule has 1 unspecified atom stereocenters. The monoisotopic (exact) mass is 366 g/mol. The minimum absolute atomic E-state index is 0. The molecule has 1 aromatic heterocycles. The summed E-state index contributed by atoms with van der Waals surface area (Å²) in [5.74, 6) is 1.12. The van der Waals surface area contributed by atoms with E-state index in [0.29, 0.717) is 24.8 Å². The zero-order valence-electron chi connectivity index (χ0n) is 10.4. The number of aromatic nitrogens is 1. The summed E-state index contributed by atoms with van der Waals surface area (Å²) in [4.78, 5) is 4.16. The van der Waals surface area contributed by atoms with Gasteiger partial charge in [-0.15, -0.1) is 24.0 Å². The van der Waals surface area contributed by atoms with Crippen LogP contribution in [0.3, 0.4) is 0 Å². The summed E-state index contributed by atoms with van der Waals surface area (Å²) in [7, 11) is 0. The number of hydrogen-bond donors (Lipinski definition) is 2. The maximum Gasteiger partial charge on any atom is 0.189 e. The predicted molar refractivity (Wildman–Crippen MR) is 79.0 cm³/mol. The Balaban J connectivity index is 0.00000162. The predicted octanol–water partition coefficient (Wildman–Crippen LogP) is 1.18. The molecule has 3 N–H and O–H groups in total. The van der Waals surface area contributed by atoms with Crippen LogP contribution < -0.4 is 11.1 Å². The van der Waals surface area contributed by atoms with Gasteiger partial charge >= 0.3 is 0 Å². The largest absolute Gasteiger partial charge is 0.376 e. The van der Waals surface area contributed by atoms with Crippen molar-refractivity contribution in [2.75, 3.05) is 13.2 Å². The maximum absolute atomic E-state index is 5.73. The lowest BCUT2D eigenvalue weighted by Gasteiger charge is -2.10. The molecule has 18 heavy (non-hydrogen) atoms. The van der Waals surface area contributed by atoms with Gasteiger partial charge in [0.25, 0.3) is 0 Å². The van der Waals surface area contributed by atoms with Crippen LogP contribution >= 0.6 is 24.0 Å². The molecular formula is C11H19IN4O2. The fraction of sp³-hybridized carbons (Fsp3) is 0.636. The van der Waals surface area contributed by atoms with Crippen molar-refractivity contribution in [2.45, 2.75) is 32.4 Å². The van der Waals surface area contributed by atoms with E-state index in [1.807, 2.05) is 13.0 Å². The Hall–Kier alpha value is -0.830. The highest BCUT2D eigenvalue weighted by Gasteiger charge is 2.14. The topological polar surface area (TPSA) is 85.7 Å². The molecule has 1 aliphatic heterocycles.